The van der Waals surface area contributed by atoms with Crippen molar-refractivity contribution in [2.75, 3.05) is 6.54 Å². The van der Waals surface area contributed by atoms with Gasteiger partial charge in [0.1, 0.15) is 0 Å². The van der Waals surface area contributed by atoms with Crippen LogP contribution in [0.15, 0.2) is 23.3 Å². The van der Waals surface area contributed by atoms with Crippen LogP contribution in [0.2, 0.25) is 0 Å². The Balaban J connectivity index is 1.30. The average Bonchev–Trinajstić information content (AvgIpc) is 2.87. The van der Waals surface area contributed by atoms with Gasteiger partial charge in [-0.1, -0.05) is 0 Å². The topological polar surface area (TPSA) is 37.3 Å². The molecule has 4 saturated carbocycles. The van der Waals surface area contributed by atoms with Crippen LogP contribution < -0.4 is 5.32 Å². The number of fused-ring (bicyclic) bond motifs is 1. The lowest BCUT2D eigenvalue weighted by Gasteiger charge is -2.57. The van der Waals surface area contributed by atoms with Crippen LogP contribution >= 0.6 is 0 Å². The number of nitrogens with one attached hydrogen (secondary N) is 1. The van der Waals surface area contributed by atoms with E-state index in [0.29, 0.717) is 5.54 Å². The molecule has 0 atom stereocenters. The molecular formula is C18H23N3. The maximum Gasteiger partial charge on any atom is 0.0849 e. The highest BCUT2D eigenvalue weighted by atomic mass is 15.0. The third-order valence-corrected chi connectivity index (χ3v) is 6.22. The molecule has 0 saturated heterocycles. The average molecular weight is 281 g/mol. The number of hydrogen-bond donors (Lipinski definition) is 1. The minimum Gasteiger partial charge on any atom is -0.306 e. The fourth-order valence-electron chi connectivity index (χ4n) is 5.79. The van der Waals surface area contributed by atoms with Crippen LogP contribution in [0, 0.1) is 17.8 Å². The summed E-state index contributed by atoms with van der Waals surface area (Å²) in [7, 11) is 0. The fraction of sp³-hybridized carbons (Fsp3) is 0.667. The van der Waals surface area contributed by atoms with Crippen LogP contribution in [-0.2, 0) is 6.42 Å². The van der Waals surface area contributed by atoms with Crippen LogP contribution in [0.25, 0.3) is 0 Å². The zero-order valence-corrected chi connectivity index (χ0v) is 12.5. The van der Waals surface area contributed by atoms with Crippen molar-refractivity contribution < 1.29 is 0 Å². The summed E-state index contributed by atoms with van der Waals surface area (Å²) in [5.74, 6) is 3.02. The second kappa shape index (κ2) is 4.39. The van der Waals surface area contributed by atoms with Crippen LogP contribution in [0.1, 0.15) is 44.2 Å². The lowest BCUT2D eigenvalue weighted by Crippen LogP contribution is -2.59. The van der Waals surface area contributed by atoms with Gasteiger partial charge in [-0.2, -0.15) is 0 Å². The second-order valence-electron chi connectivity index (χ2n) is 7.88. The van der Waals surface area contributed by atoms with E-state index in [-0.39, 0.29) is 0 Å². The monoisotopic (exact) mass is 281 g/mol. The SMILES string of the molecule is c1cnc2c(c1)N=C(CNC13CC4CC(CC(C4)C1)C3)C2. The normalized spacial score (nSPS) is 39.4. The van der Waals surface area contributed by atoms with E-state index < -0.39 is 0 Å². The number of aromatic nitrogens is 1. The van der Waals surface area contributed by atoms with Crippen molar-refractivity contribution in [2.45, 2.75) is 50.5 Å². The van der Waals surface area contributed by atoms with E-state index in [1.54, 1.807) is 0 Å². The van der Waals surface area contributed by atoms with Gasteiger partial charge in [0, 0.05) is 30.4 Å². The summed E-state index contributed by atoms with van der Waals surface area (Å²) in [6, 6.07) is 4.07. The van der Waals surface area contributed by atoms with Gasteiger partial charge in [-0.25, -0.2) is 0 Å². The molecule has 3 heteroatoms. The first-order valence-electron chi connectivity index (χ1n) is 8.53. The van der Waals surface area contributed by atoms with E-state index in [4.69, 9.17) is 4.99 Å². The maximum absolute atomic E-state index is 4.76. The third-order valence-electron chi connectivity index (χ3n) is 6.22. The minimum atomic E-state index is 0.444. The van der Waals surface area contributed by atoms with Crippen molar-refractivity contribution >= 4 is 11.4 Å². The smallest absolute Gasteiger partial charge is 0.0849 e. The molecule has 0 spiro atoms. The van der Waals surface area contributed by atoms with Crippen molar-refractivity contribution in [1.82, 2.24) is 10.3 Å². The minimum absolute atomic E-state index is 0.444. The van der Waals surface area contributed by atoms with Crippen LogP contribution in [0.4, 0.5) is 5.69 Å². The van der Waals surface area contributed by atoms with Crippen molar-refractivity contribution in [3.05, 3.63) is 24.0 Å². The standard InChI is InChI=1S/C18H23N3/c1-2-16-17(19-3-1)7-15(21-16)11-20-18-8-12-4-13(9-18)6-14(5-12)10-18/h1-3,12-14,20H,4-11H2. The molecule has 1 aliphatic heterocycles. The summed E-state index contributed by atoms with van der Waals surface area (Å²) in [6.45, 7) is 0.961. The molecule has 4 bridgehead atoms. The van der Waals surface area contributed by atoms with E-state index in [0.717, 1.165) is 42.1 Å². The largest absolute Gasteiger partial charge is 0.306 e. The van der Waals surface area contributed by atoms with E-state index in [9.17, 15) is 0 Å². The van der Waals surface area contributed by atoms with E-state index in [1.807, 2.05) is 12.3 Å². The number of hydrogen-bond acceptors (Lipinski definition) is 3. The van der Waals surface area contributed by atoms with Crippen LogP contribution in [0.3, 0.4) is 0 Å². The van der Waals surface area contributed by atoms with Crippen molar-refractivity contribution in [2.24, 2.45) is 22.7 Å². The summed E-state index contributed by atoms with van der Waals surface area (Å²) < 4.78 is 0. The van der Waals surface area contributed by atoms with Gasteiger partial charge in [-0.3, -0.25) is 9.98 Å². The molecule has 6 rings (SSSR count). The summed E-state index contributed by atoms with van der Waals surface area (Å²) in [5.41, 5.74) is 3.96. The van der Waals surface area contributed by atoms with Gasteiger partial charge in [0.2, 0.25) is 0 Å². The quantitative estimate of drug-likeness (QED) is 0.923. The Hall–Kier alpha value is -1.22. The van der Waals surface area contributed by atoms with Gasteiger partial charge < -0.3 is 5.32 Å². The van der Waals surface area contributed by atoms with Crippen molar-refractivity contribution in [1.29, 1.82) is 0 Å². The summed E-state index contributed by atoms with van der Waals surface area (Å²) in [5, 5.41) is 3.95. The number of nitrogens with zero attached hydrogens (tertiary/aromatic N) is 2. The van der Waals surface area contributed by atoms with Gasteiger partial charge in [0.05, 0.1) is 11.4 Å². The first-order chi connectivity index (χ1) is 10.3. The summed E-state index contributed by atoms with van der Waals surface area (Å²) >= 11 is 0. The molecule has 0 unspecified atom stereocenters. The Morgan fingerprint density at radius 3 is 2.48 bits per heavy atom. The van der Waals surface area contributed by atoms with Crippen molar-refractivity contribution in [3.8, 4) is 0 Å². The van der Waals surface area contributed by atoms with Crippen molar-refractivity contribution in [3.63, 3.8) is 0 Å². The highest BCUT2D eigenvalue weighted by molar-refractivity contribution is 5.94. The highest BCUT2D eigenvalue weighted by Crippen LogP contribution is 2.55. The number of rotatable bonds is 3. The van der Waals surface area contributed by atoms with E-state index in [1.165, 1.54) is 44.2 Å². The first-order valence-corrected chi connectivity index (χ1v) is 8.53. The molecule has 5 aliphatic rings. The summed E-state index contributed by atoms with van der Waals surface area (Å²) in [6.07, 6.45) is 11.6. The number of pyridine rings is 1. The van der Waals surface area contributed by atoms with Crippen LogP contribution in [-0.4, -0.2) is 22.8 Å². The maximum atomic E-state index is 4.76. The van der Waals surface area contributed by atoms with Gasteiger partial charge in [-0.05, 0) is 68.4 Å². The Morgan fingerprint density at radius 1 is 1.10 bits per heavy atom. The molecule has 0 amide bonds. The van der Waals surface area contributed by atoms with Gasteiger partial charge in [-0.15, -0.1) is 0 Å². The number of aliphatic imine (C=N–C) groups is 1. The Morgan fingerprint density at radius 2 is 1.81 bits per heavy atom. The van der Waals surface area contributed by atoms with Gasteiger partial charge in [0.25, 0.3) is 0 Å². The fourth-order valence-corrected chi connectivity index (χ4v) is 5.79. The molecule has 3 nitrogen and oxygen atoms in total. The Bertz CT molecular complexity index is 569. The molecule has 0 aromatic carbocycles. The van der Waals surface area contributed by atoms with Crippen LogP contribution in [0.5, 0.6) is 0 Å². The zero-order valence-electron chi connectivity index (χ0n) is 12.5. The zero-order chi connectivity index (χ0) is 13.9. The first kappa shape index (κ1) is 12.3. The van der Waals surface area contributed by atoms with Gasteiger partial charge >= 0.3 is 0 Å². The molecule has 4 aliphatic carbocycles. The molecule has 1 N–H and O–H groups in total. The summed E-state index contributed by atoms with van der Waals surface area (Å²) in [4.78, 5) is 9.20. The van der Waals surface area contributed by atoms with E-state index in [2.05, 4.69) is 16.4 Å². The highest BCUT2D eigenvalue weighted by Gasteiger charge is 2.50. The van der Waals surface area contributed by atoms with E-state index >= 15 is 0 Å². The lowest BCUT2D eigenvalue weighted by molar-refractivity contribution is -0.0173. The molecule has 1 aromatic rings. The predicted octanol–water partition coefficient (Wildman–Crippen LogP) is 3.27. The molecular weight excluding hydrogens is 258 g/mol. The third kappa shape index (κ3) is 2.05. The lowest BCUT2D eigenvalue weighted by atomic mass is 9.53. The molecule has 110 valence electrons. The predicted molar refractivity (Wildman–Crippen MR) is 83.9 cm³/mol. The molecule has 2 heterocycles. The Labute approximate surface area is 126 Å². The molecule has 4 fully saturated rings. The molecule has 1 aromatic heterocycles. The molecule has 0 radical (unpaired) electrons. The van der Waals surface area contributed by atoms with Gasteiger partial charge in [0.15, 0.2) is 0 Å². The Kier molecular flexibility index (Phi) is 2.58. The molecule has 21 heavy (non-hydrogen) atoms. The second-order valence-corrected chi connectivity index (χ2v) is 7.88.